The second-order valence-electron chi connectivity index (χ2n) is 5.74. The van der Waals surface area contributed by atoms with Gasteiger partial charge >= 0.3 is 0 Å². The first-order valence-corrected chi connectivity index (χ1v) is 9.20. The predicted molar refractivity (Wildman–Crippen MR) is 103 cm³/mol. The Hall–Kier alpha value is -2.99. The number of carbonyl (C=O) groups is 2. The zero-order chi connectivity index (χ0) is 18.2. The molecule has 2 amide bonds. The summed E-state index contributed by atoms with van der Waals surface area (Å²) < 4.78 is 0. The van der Waals surface area contributed by atoms with Crippen molar-refractivity contribution in [2.24, 2.45) is 0 Å². The van der Waals surface area contributed by atoms with Crippen LogP contribution in [0, 0.1) is 0 Å². The Morgan fingerprint density at radius 2 is 1.58 bits per heavy atom. The van der Waals surface area contributed by atoms with Crippen molar-refractivity contribution in [2.45, 2.75) is 19.4 Å². The van der Waals surface area contributed by atoms with Crippen LogP contribution in [0.15, 0.2) is 66.0 Å². The van der Waals surface area contributed by atoms with Gasteiger partial charge in [-0.1, -0.05) is 60.7 Å². The van der Waals surface area contributed by atoms with E-state index < -0.39 is 0 Å². The Bertz CT molecular complexity index is 863. The molecule has 0 bridgehead atoms. The minimum Gasteiger partial charge on any atom is -0.347 e. The summed E-state index contributed by atoms with van der Waals surface area (Å²) in [6.07, 6.45) is 1.04. The van der Waals surface area contributed by atoms with Crippen LogP contribution < -0.4 is 10.6 Å². The lowest BCUT2D eigenvalue weighted by Crippen LogP contribution is -2.23. The molecule has 6 heteroatoms. The van der Waals surface area contributed by atoms with E-state index in [1.54, 1.807) is 5.38 Å². The second kappa shape index (κ2) is 8.92. The molecule has 3 aromatic rings. The summed E-state index contributed by atoms with van der Waals surface area (Å²) in [7, 11) is 0. The van der Waals surface area contributed by atoms with E-state index in [1.165, 1.54) is 11.3 Å². The number of hydrogen-bond donors (Lipinski definition) is 2. The largest absolute Gasteiger partial charge is 0.347 e. The van der Waals surface area contributed by atoms with E-state index in [9.17, 15) is 9.59 Å². The molecule has 2 aromatic carbocycles. The Morgan fingerprint density at radius 1 is 0.923 bits per heavy atom. The molecule has 3 rings (SSSR count). The monoisotopic (exact) mass is 365 g/mol. The van der Waals surface area contributed by atoms with Crippen LogP contribution in [0.1, 0.15) is 28.0 Å². The van der Waals surface area contributed by atoms with Crippen LogP contribution in [-0.2, 0) is 17.8 Å². The lowest BCUT2D eigenvalue weighted by molar-refractivity contribution is -0.116. The summed E-state index contributed by atoms with van der Waals surface area (Å²) in [4.78, 5) is 28.4. The molecule has 5 nitrogen and oxygen atoms in total. The van der Waals surface area contributed by atoms with Crippen LogP contribution in [0.25, 0.3) is 0 Å². The second-order valence-corrected chi connectivity index (χ2v) is 6.60. The van der Waals surface area contributed by atoms with Gasteiger partial charge in [0.25, 0.3) is 5.91 Å². The van der Waals surface area contributed by atoms with Gasteiger partial charge in [0.15, 0.2) is 5.13 Å². The number of nitrogens with zero attached hydrogens (tertiary/aromatic N) is 1. The molecule has 1 heterocycles. The first-order valence-electron chi connectivity index (χ1n) is 8.32. The lowest BCUT2D eigenvalue weighted by atomic mass is 10.1. The van der Waals surface area contributed by atoms with E-state index in [2.05, 4.69) is 15.6 Å². The zero-order valence-electron chi connectivity index (χ0n) is 14.1. The molecule has 0 aliphatic rings. The highest BCUT2D eigenvalue weighted by Crippen LogP contribution is 2.16. The molecule has 0 fully saturated rings. The molecule has 2 N–H and O–H groups in total. The fourth-order valence-electron chi connectivity index (χ4n) is 2.39. The van der Waals surface area contributed by atoms with E-state index in [-0.39, 0.29) is 11.8 Å². The first kappa shape index (κ1) is 17.8. The molecule has 0 unspecified atom stereocenters. The Balaban J connectivity index is 1.47. The maximum atomic E-state index is 12.1. The fourth-order valence-corrected chi connectivity index (χ4v) is 3.10. The third-order valence-corrected chi connectivity index (χ3v) is 4.52. The van der Waals surface area contributed by atoms with Crippen molar-refractivity contribution in [3.05, 3.63) is 82.9 Å². The number of aryl methyl sites for hydroxylation is 1. The van der Waals surface area contributed by atoms with Crippen LogP contribution in [-0.4, -0.2) is 16.8 Å². The van der Waals surface area contributed by atoms with E-state index in [0.29, 0.717) is 30.2 Å². The number of nitrogens with one attached hydrogen (secondary N) is 2. The highest BCUT2D eigenvalue weighted by Gasteiger charge is 2.12. The molecule has 0 aliphatic heterocycles. The molecule has 1 aromatic heterocycles. The maximum absolute atomic E-state index is 12.1. The van der Waals surface area contributed by atoms with E-state index in [1.807, 2.05) is 60.7 Å². The van der Waals surface area contributed by atoms with E-state index in [4.69, 9.17) is 0 Å². The van der Waals surface area contributed by atoms with Crippen LogP contribution in [0.3, 0.4) is 0 Å². The minimum atomic E-state index is -0.255. The third kappa shape index (κ3) is 5.26. The van der Waals surface area contributed by atoms with Gasteiger partial charge in [0.2, 0.25) is 5.91 Å². The van der Waals surface area contributed by atoms with Crippen molar-refractivity contribution >= 4 is 28.3 Å². The van der Waals surface area contributed by atoms with Gasteiger partial charge in [-0.05, 0) is 17.5 Å². The number of anilines is 1. The SMILES string of the molecule is O=C(CCc1ccccc1)Nc1nc(C(=O)NCc2ccccc2)cs1. The summed E-state index contributed by atoms with van der Waals surface area (Å²) in [6.45, 7) is 0.440. The molecule has 0 spiro atoms. The van der Waals surface area contributed by atoms with E-state index >= 15 is 0 Å². The summed E-state index contributed by atoms with van der Waals surface area (Å²) in [5, 5.41) is 7.65. The first-order chi connectivity index (χ1) is 12.7. The van der Waals surface area contributed by atoms with Crippen molar-refractivity contribution in [2.75, 3.05) is 5.32 Å². The smallest absolute Gasteiger partial charge is 0.271 e. The van der Waals surface area contributed by atoms with Crippen molar-refractivity contribution in [3.8, 4) is 0 Å². The van der Waals surface area contributed by atoms with Gasteiger partial charge in [0.05, 0.1) is 0 Å². The Labute approximate surface area is 156 Å². The van der Waals surface area contributed by atoms with Crippen molar-refractivity contribution in [3.63, 3.8) is 0 Å². The van der Waals surface area contributed by atoms with Gasteiger partial charge < -0.3 is 10.6 Å². The quantitative estimate of drug-likeness (QED) is 0.671. The number of rotatable bonds is 7. The Morgan fingerprint density at radius 3 is 2.27 bits per heavy atom. The summed E-state index contributed by atoms with van der Waals surface area (Å²) in [5.41, 5.74) is 2.44. The number of amides is 2. The number of aromatic nitrogens is 1. The van der Waals surface area contributed by atoms with Gasteiger partial charge in [-0.25, -0.2) is 4.98 Å². The average molecular weight is 365 g/mol. The van der Waals surface area contributed by atoms with Crippen molar-refractivity contribution in [1.29, 1.82) is 0 Å². The lowest BCUT2D eigenvalue weighted by Gasteiger charge is -2.03. The van der Waals surface area contributed by atoms with Gasteiger partial charge in [-0.3, -0.25) is 9.59 Å². The van der Waals surface area contributed by atoms with Crippen molar-refractivity contribution in [1.82, 2.24) is 10.3 Å². The molecule has 26 heavy (non-hydrogen) atoms. The highest BCUT2D eigenvalue weighted by atomic mass is 32.1. The van der Waals surface area contributed by atoms with Gasteiger partial charge in [0, 0.05) is 18.3 Å². The summed E-state index contributed by atoms with van der Waals surface area (Å²) in [6, 6.07) is 19.5. The van der Waals surface area contributed by atoms with Crippen LogP contribution in [0.2, 0.25) is 0 Å². The van der Waals surface area contributed by atoms with E-state index in [0.717, 1.165) is 11.1 Å². The molecule has 0 saturated carbocycles. The summed E-state index contributed by atoms with van der Waals surface area (Å²) in [5.74, 6) is -0.366. The van der Waals surface area contributed by atoms with Gasteiger partial charge in [0.1, 0.15) is 5.69 Å². The zero-order valence-corrected chi connectivity index (χ0v) is 15.0. The Kier molecular flexibility index (Phi) is 6.11. The molecule has 0 atom stereocenters. The standard InChI is InChI=1S/C20H19N3O2S/c24-18(12-11-15-7-3-1-4-8-15)23-20-22-17(14-26-20)19(25)21-13-16-9-5-2-6-10-16/h1-10,14H,11-13H2,(H,21,25)(H,22,23,24). The minimum absolute atomic E-state index is 0.112. The van der Waals surface area contributed by atoms with Gasteiger partial charge in [-0.2, -0.15) is 0 Å². The topological polar surface area (TPSA) is 71.1 Å². The normalized spacial score (nSPS) is 10.3. The average Bonchev–Trinajstić information content (AvgIpc) is 3.14. The molecule has 0 saturated heterocycles. The van der Waals surface area contributed by atoms with Crippen molar-refractivity contribution < 1.29 is 9.59 Å². The van der Waals surface area contributed by atoms with Gasteiger partial charge in [-0.15, -0.1) is 11.3 Å². The molecule has 0 radical (unpaired) electrons. The molecular weight excluding hydrogens is 346 g/mol. The highest BCUT2D eigenvalue weighted by molar-refractivity contribution is 7.14. The summed E-state index contributed by atoms with van der Waals surface area (Å²) >= 11 is 1.25. The predicted octanol–water partition coefficient (Wildman–Crippen LogP) is 3.64. The number of carbonyl (C=O) groups excluding carboxylic acids is 2. The maximum Gasteiger partial charge on any atom is 0.271 e. The molecular formula is C20H19N3O2S. The van der Waals surface area contributed by atoms with Crippen LogP contribution >= 0.6 is 11.3 Å². The third-order valence-electron chi connectivity index (χ3n) is 3.76. The van der Waals surface area contributed by atoms with Crippen LogP contribution in [0.4, 0.5) is 5.13 Å². The van der Waals surface area contributed by atoms with Crippen LogP contribution in [0.5, 0.6) is 0 Å². The number of thiazole rings is 1. The number of hydrogen-bond acceptors (Lipinski definition) is 4. The molecule has 132 valence electrons. The fraction of sp³-hybridized carbons (Fsp3) is 0.150. The molecule has 0 aliphatic carbocycles. The number of benzene rings is 2.